The normalized spacial score (nSPS) is 18.6. The van der Waals surface area contributed by atoms with Gasteiger partial charge in [-0.05, 0) is 25.5 Å². The number of rotatable bonds is 6. The minimum atomic E-state index is -0.475. The number of hydrogen-bond acceptors (Lipinski definition) is 5. The lowest BCUT2D eigenvalue weighted by Gasteiger charge is -2.35. The zero-order valence-corrected chi connectivity index (χ0v) is 15.7. The van der Waals surface area contributed by atoms with Crippen LogP contribution in [-0.2, 0) is 16.1 Å². The monoisotopic (exact) mass is 367 g/mol. The van der Waals surface area contributed by atoms with Crippen LogP contribution < -0.4 is 10.6 Å². The average Bonchev–Trinajstić information content (AvgIpc) is 2.65. The second-order valence-electron chi connectivity index (χ2n) is 6.89. The van der Waals surface area contributed by atoms with Gasteiger partial charge >= 0.3 is 0 Å². The van der Waals surface area contributed by atoms with Crippen molar-refractivity contribution in [1.82, 2.24) is 25.5 Å². The van der Waals surface area contributed by atoms with Crippen LogP contribution in [0.1, 0.15) is 36.2 Å². The van der Waals surface area contributed by atoms with Gasteiger partial charge in [-0.1, -0.05) is 29.8 Å². The van der Waals surface area contributed by atoms with Crippen molar-refractivity contribution in [2.24, 2.45) is 0 Å². The van der Waals surface area contributed by atoms with Gasteiger partial charge in [0.15, 0.2) is 0 Å². The minimum absolute atomic E-state index is 0.0984. The Hall–Kier alpha value is -2.80. The molecule has 2 unspecified atom stereocenters. The largest absolute Gasteiger partial charge is 0.353 e. The van der Waals surface area contributed by atoms with E-state index in [1.54, 1.807) is 12.3 Å². The molecule has 0 aliphatic carbocycles. The first-order valence-electron chi connectivity index (χ1n) is 9.15. The Morgan fingerprint density at radius 1 is 1.41 bits per heavy atom. The van der Waals surface area contributed by atoms with Crippen molar-refractivity contribution in [2.75, 3.05) is 13.1 Å². The molecule has 1 aliphatic rings. The number of amides is 2. The molecule has 1 aromatic heterocycles. The molecule has 1 fully saturated rings. The van der Waals surface area contributed by atoms with Crippen molar-refractivity contribution >= 4 is 11.8 Å². The molecule has 0 saturated carbocycles. The van der Waals surface area contributed by atoms with Gasteiger partial charge in [0.05, 0.1) is 24.2 Å². The smallest absolute Gasteiger partial charge is 0.237 e. The van der Waals surface area contributed by atoms with E-state index in [1.807, 2.05) is 32.0 Å². The van der Waals surface area contributed by atoms with Gasteiger partial charge in [-0.3, -0.25) is 14.5 Å². The van der Waals surface area contributed by atoms with Crippen LogP contribution in [0.15, 0.2) is 42.9 Å². The standard InChI is InChI=1S/C20H25N5O2/c1-14-4-3-5-16(10-14)12-25-9-8-22-20(27)18(25)11-19(26)24-15(2)17-6-7-21-13-23-17/h3-7,10,13,15,18H,8-9,11-12H2,1-2H3,(H,22,27)(H,24,26). The summed E-state index contributed by atoms with van der Waals surface area (Å²) in [7, 11) is 0. The Morgan fingerprint density at radius 3 is 3.00 bits per heavy atom. The molecule has 1 aliphatic heterocycles. The van der Waals surface area contributed by atoms with E-state index >= 15 is 0 Å². The molecule has 3 rings (SSSR count). The zero-order chi connectivity index (χ0) is 19.2. The van der Waals surface area contributed by atoms with E-state index in [9.17, 15) is 9.59 Å². The Labute approximate surface area is 159 Å². The van der Waals surface area contributed by atoms with Gasteiger partial charge in [0.2, 0.25) is 11.8 Å². The summed E-state index contributed by atoms with van der Waals surface area (Å²) >= 11 is 0. The molecule has 2 atom stereocenters. The quantitative estimate of drug-likeness (QED) is 0.805. The van der Waals surface area contributed by atoms with Gasteiger partial charge in [0.1, 0.15) is 6.33 Å². The molecule has 142 valence electrons. The maximum atomic E-state index is 12.5. The molecule has 7 heteroatoms. The number of piperazine rings is 1. The van der Waals surface area contributed by atoms with Crippen molar-refractivity contribution < 1.29 is 9.59 Å². The molecule has 7 nitrogen and oxygen atoms in total. The van der Waals surface area contributed by atoms with E-state index in [0.29, 0.717) is 13.1 Å². The molecule has 0 spiro atoms. The van der Waals surface area contributed by atoms with Crippen LogP contribution in [0.2, 0.25) is 0 Å². The fourth-order valence-electron chi connectivity index (χ4n) is 3.33. The molecule has 1 aromatic carbocycles. The highest BCUT2D eigenvalue weighted by Gasteiger charge is 2.31. The van der Waals surface area contributed by atoms with Crippen LogP contribution in [-0.4, -0.2) is 45.8 Å². The fraction of sp³-hybridized carbons (Fsp3) is 0.400. The average molecular weight is 367 g/mol. The molecule has 0 bridgehead atoms. The third-order valence-corrected chi connectivity index (χ3v) is 4.71. The molecular formula is C20H25N5O2. The van der Waals surface area contributed by atoms with Crippen molar-refractivity contribution in [3.63, 3.8) is 0 Å². The first kappa shape index (κ1) is 19.0. The van der Waals surface area contributed by atoms with E-state index in [0.717, 1.165) is 17.8 Å². The predicted molar refractivity (Wildman–Crippen MR) is 102 cm³/mol. The molecule has 2 aromatic rings. The topological polar surface area (TPSA) is 87.2 Å². The number of carbonyl (C=O) groups excluding carboxylic acids is 2. The van der Waals surface area contributed by atoms with Crippen molar-refractivity contribution in [3.05, 3.63) is 59.7 Å². The summed E-state index contributed by atoms with van der Waals surface area (Å²) in [5.41, 5.74) is 3.06. The first-order chi connectivity index (χ1) is 13.0. The van der Waals surface area contributed by atoms with Crippen LogP contribution in [0.5, 0.6) is 0 Å². The predicted octanol–water partition coefficient (Wildman–Crippen LogP) is 1.35. The van der Waals surface area contributed by atoms with Gasteiger partial charge < -0.3 is 10.6 Å². The van der Waals surface area contributed by atoms with E-state index in [-0.39, 0.29) is 24.3 Å². The number of benzene rings is 1. The van der Waals surface area contributed by atoms with Gasteiger partial charge in [0.25, 0.3) is 0 Å². The molecule has 2 heterocycles. The summed E-state index contributed by atoms with van der Waals surface area (Å²) in [4.78, 5) is 35.0. The molecule has 2 N–H and O–H groups in total. The third kappa shape index (κ3) is 5.10. The van der Waals surface area contributed by atoms with Crippen LogP contribution in [0.4, 0.5) is 0 Å². The summed E-state index contributed by atoms with van der Waals surface area (Å²) in [5, 5.41) is 5.79. The third-order valence-electron chi connectivity index (χ3n) is 4.71. The maximum absolute atomic E-state index is 12.5. The lowest BCUT2D eigenvalue weighted by Crippen LogP contribution is -2.56. The van der Waals surface area contributed by atoms with Gasteiger partial charge in [0, 0.05) is 25.8 Å². The number of aryl methyl sites for hydroxylation is 1. The zero-order valence-electron chi connectivity index (χ0n) is 15.7. The Morgan fingerprint density at radius 2 is 2.26 bits per heavy atom. The minimum Gasteiger partial charge on any atom is -0.353 e. The second-order valence-corrected chi connectivity index (χ2v) is 6.89. The molecule has 2 amide bonds. The van der Waals surface area contributed by atoms with E-state index < -0.39 is 6.04 Å². The molecule has 0 radical (unpaired) electrons. The van der Waals surface area contributed by atoms with Crippen molar-refractivity contribution in [2.45, 2.75) is 38.9 Å². The maximum Gasteiger partial charge on any atom is 0.237 e. The molecule has 1 saturated heterocycles. The van der Waals surface area contributed by atoms with Crippen LogP contribution in [0, 0.1) is 6.92 Å². The summed E-state index contributed by atoms with van der Waals surface area (Å²) < 4.78 is 0. The number of aromatic nitrogens is 2. The lowest BCUT2D eigenvalue weighted by molar-refractivity contribution is -0.134. The Balaban J connectivity index is 1.64. The van der Waals surface area contributed by atoms with Crippen LogP contribution >= 0.6 is 0 Å². The van der Waals surface area contributed by atoms with Crippen molar-refractivity contribution in [3.8, 4) is 0 Å². The van der Waals surface area contributed by atoms with Gasteiger partial charge in [-0.15, -0.1) is 0 Å². The number of nitrogens with zero attached hydrogens (tertiary/aromatic N) is 3. The highest BCUT2D eigenvalue weighted by molar-refractivity contribution is 5.88. The highest BCUT2D eigenvalue weighted by Crippen LogP contribution is 2.16. The molecule has 27 heavy (non-hydrogen) atoms. The summed E-state index contributed by atoms with van der Waals surface area (Å²) in [5.74, 6) is -0.267. The SMILES string of the molecule is Cc1cccc(CN2CCNC(=O)C2CC(=O)NC(C)c2ccncn2)c1. The summed E-state index contributed by atoms with van der Waals surface area (Å²) in [6.45, 7) is 5.88. The Bertz CT molecular complexity index is 796. The van der Waals surface area contributed by atoms with Crippen LogP contribution in [0.25, 0.3) is 0 Å². The van der Waals surface area contributed by atoms with Crippen molar-refractivity contribution in [1.29, 1.82) is 0 Å². The number of hydrogen-bond donors (Lipinski definition) is 2. The highest BCUT2D eigenvalue weighted by atomic mass is 16.2. The lowest BCUT2D eigenvalue weighted by atomic mass is 10.1. The Kier molecular flexibility index (Phi) is 6.13. The van der Waals surface area contributed by atoms with Gasteiger partial charge in [-0.2, -0.15) is 0 Å². The summed E-state index contributed by atoms with van der Waals surface area (Å²) in [6.07, 6.45) is 3.21. The second kappa shape index (κ2) is 8.73. The van der Waals surface area contributed by atoms with E-state index in [1.165, 1.54) is 11.9 Å². The fourth-order valence-corrected chi connectivity index (χ4v) is 3.33. The van der Waals surface area contributed by atoms with E-state index in [4.69, 9.17) is 0 Å². The van der Waals surface area contributed by atoms with E-state index in [2.05, 4.69) is 31.6 Å². The van der Waals surface area contributed by atoms with Crippen LogP contribution in [0.3, 0.4) is 0 Å². The molecular weight excluding hydrogens is 342 g/mol. The summed E-state index contributed by atoms with van der Waals surface area (Å²) in [6, 6.07) is 9.28. The number of nitrogens with one attached hydrogen (secondary N) is 2. The number of carbonyl (C=O) groups is 2. The first-order valence-corrected chi connectivity index (χ1v) is 9.15. The van der Waals surface area contributed by atoms with Gasteiger partial charge in [-0.25, -0.2) is 9.97 Å².